The predicted octanol–water partition coefficient (Wildman–Crippen LogP) is 10.4. The fourth-order valence-electron chi connectivity index (χ4n) is 5.80. The van der Waals surface area contributed by atoms with Gasteiger partial charge in [-0.05, 0) is 57.8 Å². The molecule has 0 rings (SSSR count). The van der Waals surface area contributed by atoms with Gasteiger partial charge in [0, 0.05) is 19.3 Å². The van der Waals surface area contributed by atoms with E-state index < -0.39 is 18.1 Å². The van der Waals surface area contributed by atoms with Crippen LogP contribution in [0.3, 0.4) is 0 Å². The van der Waals surface area contributed by atoms with Crippen LogP contribution in [0.25, 0.3) is 0 Å². The van der Waals surface area contributed by atoms with Crippen molar-refractivity contribution in [3.8, 4) is 0 Å². The number of likely N-dealkylation sites (N-methyl/N-ethyl adjacent to an activating group) is 1. The summed E-state index contributed by atoms with van der Waals surface area (Å²) in [6.07, 6.45) is 48.9. The van der Waals surface area contributed by atoms with Crippen molar-refractivity contribution in [3.63, 3.8) is 0 Å². The van der Waals surface area contributed by atoms with Gasteiger partial charge in [0.1, 0.15) is 12.6 Å². The Labute approximate surface area is 342 Å². The molecule has 318 valence electrons. The molecule has 0 amide bonds. The Hall–Kier alpha value is -3.49. The van der Waals surface area contributed by atoms with E-state index in [9.17, 15) is 19.5 Å². The zero-order chi connectivity index (χ0) is 41.4. The van der Waals surface area contributed by atoms with E-state index in [1.807, 2.05) is 60.8 Å². The SMILES string of the molecule is CC/C=C/C=C/C=C/C=C/C=C/C=C/CCCCCC(=O)OCC(COCCC(C(=O)[O-])[N+](C)(C)C)OC(=O)CCCCCCCCC/C=C/CCCCCC. The molecule has 0 saturated heterocycles. The molecule has 0 aliphatic rings. The molecule has 0 heterocycles. The van der Waals surface area contributed by atoms with Crippen LogP contribution in [0.4, 0.5) is 0 Å². The predicted molar refractivity (Wildman–Crippen MR) is 231 cm³/mol. The number of carboxylic acids is 1. The number of carbonyl (C=O) groups excluding carboxylic acids is 3. The zero-order valence-electron chi connectivity index (χ0n) is 36.0. The smallest absolute Gasteiger partial charge is 0.306 e. The molecule has 0 fully saturated rings. The molecular formula is C48H79NO7. The number of aliphatic carboxylic acids is 1. The Morgan fingerprint density at radius 3 is 1.55 bits per heavy atom. The highest BCUT2D eigenvalue weighted by molar-refractivity contribution is 5.70. The number of carboxylic acid groups (broad SMARTS) is 1. The first kappa shape index (κ1) is 52.5. The quantitative estimate of drug-likeness (QED) is 0.0203. The fraction of sp³-hybridized carbons (Fsp3) is 0.646. The number of nitrogens with zero attached hydrogens (tertiary/aromatic N) is 1. The van der Waals surface area contributed by atoms with Gasteiger partial charge in [0.15, 0.2) is 6.10 Å². The molecule has 0 bridgehead atoms. The normalized spacial score (nSPS) is 13.8. The average molecular weight is 782 g/mol. The van der Waals surface area contributed by atoms with Crippen molar-refractivity contribution in [2.24, 2.45) is 0 Å². The third-order valence-corrected chi connectivity index (χ3v) is 9.18. The largest absolute Gasteiger partial charge is 0.544 e. The van der Waals surface area contributed by atoms with Crippen LogP contribution in [0.2, 0.25) is 0 Å². The van der Waals surface area contributed by atoms with Crippen molar-refractivity contribution in [2.45, 2.75) is 161 Å². The number of ether oxygens (including phenoxy) is 3. The molecule has 8 nitrogen and oxygen atoms in total. The summed E-state index contributed by atoms with van der Waals surface area (Å²) in [7, 11) is 5.38. The van der Waals surface area contributed by atoms with Gasteiger partial charge in [-0.1, -0.05) is 157 Å². The summed E-state index contributed by atoms with van der Waals surface area (Å²) in [5.74, 6) is -1.81. The van der Waals surface area contributed by atoms with E-state index >= 15 is 0 Å². The standard InChI is InChI=1S/C48H79NO7/c1-6-8-10-12-14-16-18-20-22-23-25-26-28-30-32-34-36-38-46(50)55-43-44(42-54-41-40-45(48(52)53)49(3,4)5)56-47(51)39-37-35-33-31-29-27-24-21-19-17-15-13-11-9-7-2/h8,10,12,14,16-20,22-23,25-26,28,44-45H,6-7,9,11,13,15,21,24,27,29-43H2,1-5H3/b10-8+,14-12+,18-16+,19-17+,22-20+,25-23+,28-26+. The van der Waals surface area contributed by atoms with Gasteiger partial charge in [-0.25, -0.2) is 0 Å². The van der Waals surface area contributed by atoms with Crippen molar-refractivity contribution < 1.29 is 38.2 Å². The number of hydrogen-bond acceptors (Lipinski definition) is 7. The second-order valence-corrected chi connectivity index (χ2v) is 15.3. The molecule has 2 unspecified atom stereocenters. The van der Waals surface area contributed by atoms with Crippen molar-refractivity contribution in [1.82, 2.24) is 0 Å². The van der Waals surface area contributed by atoms with E-state index in [0.29, 0.717) is 19.3 Å². The lowest BCUT2D eigenvalue weighted by molar-refractivity contribution is -0.889. The number of quaternary nitrogens is 1. The monoisotopic (exact) mass is 782 g/mol. The molecule has 0 aromatic rings. The van der Waals surface area contributed by atoms with Crippen LogP contribution in [-0.2, 0) is 28.6 Å². The van der Waals surface area contributed by atoms with Crippen molar-refractivity contribution in [1.29, 1.82) is 0 Å². The Bertz CT molecular complexity index is 1190. The number of unbranched alkanes of at least 4 members (excludes halogenated alkanes) is 14. The Morgan fingerprint density at radius 2 is 1.02 bits per heavy atom. The van der Waals surface area contributed by atoms with Crippen LogP contribution in [-0.4, -0.2) is 75.5 Å². The Balaban J connectivity index is 4.48. The average Bonchev–Trinajstić information content (AvgIpc) is 3.15. The lowest BCUT2D eigenvalue weighted by Crippen LogP contribution is -2.55. The maximum absolute atomic E-state index is 12.7. The first-order valence-corrected chi connectivity index (χ1v) is 21.7. The summed E-state index contributed by atoms with van der Waals surface area (Å²) in [4.78, 5) is 36.8. The third-order valence-electron chi connectivity index (χ3n) is 9.18. The molecule has 0 aromatic carbocycles. The van der Waals surface area contributed by atoms with Crippen molar-refractivity contribution in [3.05, 3.63) is 85.1 Å². The number of carbonyl (C=O) groups is 3. The lowest BCUT2D eigenvalue weighted by atomic mass is 10.1. The second kappa shape index (κ2) is 38.4. The summed E-state index contributed by atoms with van der Waals surface area (Å²) in [6.45, 7) is 4.43. The molecule has 0 aliphatic carbocycles. The summed E-state index contributed by atoms with van der Waals surface area (Å²) >= 11 is 0. The van der Waals surface area contributed by atoms with Gasteiger partial charge in [0.05, 0.1) is 40.3 Å². The molecule has 0 radical (unpaired) electrons. The van der Waals surface area contributed by atoms with Crippen LogP contribution >= 0.6 is 0 Å². The van der Waals surface area contributed by atoms with E-state index in [0.717, 1.165) is 51.4 Å². The van der Waals surface area contributed by atoms with Crippen LogP contribution < -0.4 is 5.11 Å². The van der Waals surface area contributed by atoms with Gasteiger partial charge < -0.3 is 28.6 Å². The van der Waals surface area contributed by atoms with E-state index in [1.54, 1.807) is 21.1 Å². The van der Waals surface area contributed by atoms with Crippen LogP contribution in [0, 0.1) is 0 Å². The lowest BCUT2D eigenvalue weighted by Gasteiger charge is -2.34. The van der Waals surface area contributed by atoms with Gasteiger partial charge in [-0.15, -0.1) is 0 Å². The van der Waals surface area contributed by atoms with E-state index in [1.165, 1.54) is 57.8 Å². The summed E-state index contributed by atoms with van der Waals surface area (Å²) in [5.41, 5.74) is 0. The minimum Gasteiger partial charge on any atom is -0.544 e. The second-order valence-electron chi connectivity index (χ2n) is 15.3. The van der Waals surface area contributed by atoms with Crippen LogP contribution in [0.5, 0.6) is 0 Å². The molecule has 0 aromatic heterocycles. The minimum atomic E-state index is -1.14. The highest BCUT2D eigenvalue weighted by Gasteiger charge is 2.25. The first-order valence-electron chi connectivity index (χ1n) is 21.7. The first-order chi connectivity index (χ1) is 27.1. The molecule has 0 saturated carbocycles. The van der Waals surface area contributed by atoms with Gasteiger partial charge in [-0.2, -0.15) is 0 Å². The highest BCUT2D eigenvalue weighted by Crippen LogP contribution is 2.13. The molecule has 0 N–H and O–H groups in total. The molecule has 56 heavy (non-hydrogen) atoms. The molecule has 8 heteroatoms. The molecular weight excluding hydrogens is 703 g/mol. The zero-order valence-corrected chi connectivity index (χ0v) is 36.0. The fourth-order valence-corrected chi connectivity index (χ4v) is 5.80. The highest BCUT2D eigenvalue weighted by atomic mass is 16.6. The molecule has 2 atom stereocenters. The summed E-state index contributed by atoms with van der Waals surface area (Å²) in [6, 6.07) is -0.738. The number of allylic oxidation sites excluding steroid dienone is 14. The molecule has 0 aliphatic heterocycles. The Kier molecular flexibility index (Phi) is 36.0. The van der Waals surface area contributed by atoms with E-state index in [2.05, 4.69) is 38.2 Å². The van der Waals surface area contributed by atoms with Gasteiger partial charge in [0.25, 0.3) is 0 Å². The van der Waals surface area contributed by atoms with Crippen molar-refractivity contribution in [2.75, 3.05) is 41.0 Å². The maximum Gasteiger partial charge on any atom is 0.306 e. The molecule has 0 spiro atoms. The summed E-state index contributed by atoms with van der Waals surface area (Å²) in [5, 5.41) is 11.6. The van der Waals surface area contributed by atoms with E-state index in [-0.39, 0.29) is 42.7 Å². The van der Waals surface area contributed by atoms with Gasteiger partial charge >= 0.3 is 11.9 Å². The van der Waals surface area contributed by atoms with E-state index in [4.69, 9.17) is 14.2 Å². The van der Waals surface area contributed by atoms with Crippen LogP contribution in [0.15, 0.2) is 85.1 Å². The minimum absolute atomic E-state index is 0.0194. The summed E-state index contributed by atoms with van der Waals surface area (Å²) < 4.78 is 17.1. The maximum atomic E-state index is 12.7. The van der Waals surface area contributed by atoms with Gasteiger partial charge in [0.2, 0.25) is 0 Å². The topological polar surface area (TPSA) is 102 Å². The van der Waals surface area contributed by atoms with Gasteiger partial charge in [-0.3, -0.25) is 9.59 Å². The van der Waals surface area contributed by atoms with Crippen molar-refractivity contribution >= 4 is 17.9 Å². The number of rotatable bonds is 37. The Morgan fingerprint density at radius 1 is 0.554 bits per heavy atom. The van der Waals surface area contributed by atoms with Crippen LogP contribution in [0.1, 0.15) is 149 Å². The third kappa shape index (κ3) is 36.2. The number of esters is 2. The number of hydrogen-bond donors (Lipinski definition) is 0.